The Hall–Kier alpha value is -0.230. The number of fused-ring (bicyclic) bond motifs is 1. The van der Waals surface area contributed by atoms with E-state index in [0.29, 0.717) is 12.0 Å². The van der Waals surface area contributed by atoms with Crippen molar-refractivity contribution < 1.29 is 0 Å². The predicted molar refractivity (Wildman–Crippen MR) is 86.2 cm³/mol. The fourth-order valence-electron chi connectivity index (χ4n) is 2.62. The normalized spacial score (nSPS) is 20.2. The van der Waals surface area contributed by atoms with Crippen molar-refractivity contribution in [3.05, 3.63) is 36.9 Å². The molecule has 0 aromatic carbocycles. The maximum absolute atomic E-state index is 4.40. The summed E-state index contributed by atoms with van der Waals surface area (Å²) in [5, 5.41) is 7.02. The van der Waals surface area contributed by atoms with Crippen molar-refractivity contribution in [2.75, 3.05) is 6.54 Å². The van der Waals surface area contributed by atoms with Gasteiger partial charge in [0.1, 0.15) is 0 Å². The zero-order valence-corrected chi connectivity index (χ0v) is 14.1. The molecule has 2 aromatic heterocycles. The first kappa shape index (κ1) is 13.7. The van der Waals surface area contributed by atoms with Crippen molar-refractivity contribution in [2.45, 2.75) is 38.1 Å². The smallest absolute Gasteiger partial charge is 0.0965 e. The van der Waals surface area contributed by atoms with E-state index in [0.717, 1.165) is 6.54 Å². The Morgan fingerprint density at radius 2 is 2.47 bits per heavy atom. The van der Waals surface area contributed by atoms with E-state index in [2.05, 4.69) is 44.6 Å². The number of aryl methyl sites for hydroxylation is 1. The molecule has 5 heteroatoms. The molecule has 1 aliphatic rings. The van der Waals surface area contributed by atoms with Gasteiger partial charge in [0, 0.05) is 35.0 Å². The topological polar surface area (TPSA) is 24.9 Å². The quantitative estimate of drug-likeness (QED) is 0.855. The molecule has 102 valence electrons. The van der Waals surface area contributed by atoms with E-state index >= 15 is 0 Å². The van der Waals surface area contributed by atoms with E-state index in [1.54, 1.807) is 16.2 Å². The van der Waals surface area contributed by atoms with Crippen LogP contribution in [0.3, 0.4) is 0 Å². The predicted octanol–water partition coefficient (Wildman–Crippen LogP) is 4.74. The van der Waals surface area contributed by atoms with Gasteiger partial charge in [-0.15, -0.1) is 22.7 Å². The van der Waals surface area contributed by atoms with Crippen molar-refractivity contribution in [2.24, 2.45) is 0 Å². The number of rotatable bonds is 4. The highest BCUT2D eigenvalue weighted by Gasteiger charge is 2.23. The van der Waals surface area contributed by atoms with Gasteiger partial charge in [-0.1, -0.05) is 6.92 Å². The Labute approximate surface area is 130 Å². The van der Waals surface area contributed by atoms with Gasteiger partial charge in [-0.3, -0.25) is 0 Å². The van der Waals surface area contributed by atoms with Gasteiger partial charge in [0.05, 0.1) is 8.79 Å². The molecule has 1 N–H and O–H groups in total. The lowest BCUT2D eigenvalue weighted by molar-refractivity contribution is 0.449. The van der Waals surface area contributed by atoms with E-state index in [4.69, 9.17) is 0 Å². The molecule has 0 amide bonds. The first-order valence-corrected chi connectivity index (χ1v) is 9.14. The van der Waals surface area contributed by atoms with Gasteiger partial charge >= 0.3 is 0 Å². The molecule has 2 unspecified atom stereocenters. The molecule has 2 aromatic rings. The second kappa shape index (κ2) is 6.04. The van der Waals surface area contributed by atoms with Gasteiger partial charge in [0.25, 0.3) is 0 Å². The van der Waals surface area contributed by atoms with Crippen LogP contribution >= 0.6 is 38.6 Å². The second-order valence-electron chi connectivity index (χ2n) is 5.05. The van der Waals surface area contributed by atoms with Crippen molar-refractivity contribution in [3.63, 3.8) is 0 Å². The third-order valence-corrected chi connectivity index (χ3v) is 6.35. The zero-order chi connectivity index (χ0) is 13.2. The zero-order valence-electron chi connectivity index (χ0n) is 10.9. The number of halogens is 1. The minimum Gasteiger partial charge on any atom is -0.309 e. The van der Waals surface area contributed by atoms with Crippen LogP contribution in [0.15, 0.2) is 21.4 Å². The number of nitrogens with one attached hydrogen (secondary N) is 1. The Balaban J connectivity index is 1.65. The Morgan fingerprint density at radius 1 is 1.58 bits per heavy atom. The van der Waals surface area contributed by atoms with Gasteiger partial charge in [0.2, 0.25) is 0 Å². The number of thiophene rings is 1. The highest BCUT2D eigenvalue weighted by atomic mass is 79.9. The van der Waals surface area contributed by atoms with E-state index in [-0.39, 0.29) is 0 Å². The molecule has 0 bridgehead atoms. The maximum Gasteiger partial charge on any atom is 0.0965 e. The molecule has 2 nitrogen and oxygen atoms in total. The number of aromatic nitrogens is 1. The molecule has 19 heavy (non-hydrogen) atoms. The first-order valence-electron chi connectivity index (χ1n) is 6.65. The van der Waals surface area contributed by atoms with Gasteiger partial charge in [-0.25, -0.2) is 4.98 Å². The van der Waals surface area contributed by atoms with E-state index in [1.807, 2.05) is 17.5 Å². The standard InChI is InChI=1S/C14H17BrN2S2/c1-9(14-16-5-6-18-14)8-17-11-3-2-4-12-10(11)7-13(15)19-12/h5-7,9,11,17H,2-4,8H2,1H3. The fraction of sp³-hybridized carbons (Fsp3) is 0.500. The molecule has 2 atom stereocenters. The summed E-state index contributed by atoms with van der Waals surface area (Å²) in [5.74, 6) is 0.493. The van der Waals surface area contributed by atoms with Crippen LogP contribution in [0.1, 0.15) is 47.2 Å². The summed E-state index contributed by atoms with van der Waals surface area (Å²) in [6, 6.07) is 2.82. The highest BCUT2D eigenvalue weighted by molar-refractivity contribution is 9.11. The van der Waals surface area contributed by atoms with Crippen LogP contribution in [0.2, 0.25) is 0 Å². The molecule has 3 rings (SSSR count). The maximum atomic E-state index is 4.40. The lowest BCUT2D eigenvalue weighted by atomic mass is 9.93. The molecular formula is C14H17BrN2S2. The largest absolute Gasteiger partial charge is 0.309 e. The van der Waals surface area contributed by atoms with Crippen LogP contribution in [0.5, 0.6) is 0 Å². The van der Waals surface area contributed by atoms with Gasteiger partial charge in [0.15, 0.2) is 0 Å². The number of hydrogen-bond acceptors (Lipinski definition) is 4. The van der Waals surface area contributed by atoms with Crippen molar-refractivity contribution in [1.29, 1.82) is 0 Å². The van der Waals surface area contributed by atoms with E-state index in [9.17, 15) is 0 Å². The van der Waals surface area contributed by atoms with Crippen LogP contribution in [0.25, 0.3) is 0 Å². The molecule has 0 saturated heterocycles. The van der Waals surface area contributed by atoms with Gasteiger partial charge in [-0.2, -0.15) is 0 Å². The molecule has 0 aliphatic heterocycles. The van der Waals surface area contributed by atoms with E-state index in [1.165, 1.54) is 33.6 Å². The average Bonchev–Trinajstić information content (AvgIpc) is 3.03. The minimum atomic E-state index is 0.493. The number of thiazole rings is 1. The summed E-state index contributed by atoms with van der Waals surface area (Å²) >= 11 is 7.26. The lowest BCUT2D eigenvalue weighted by Crippen LogP contribution is -2.27. The molecular weight excluding hydrogens is 340 g/mol. The molecule has 2 heterocycles. The third-order valence-electron chi connectivity index (χ3n) is 3.63. The van der Waals surface area contributed by atoms with E-state index < -0.39 is 0 Å². The van der Waals surface area contributed by atoms with Crippen molar-refractivity contribution >= 4 is 38.6 Å². The summed E-state index contributed by atoms with van der Waals surface area (Å²) in [4.78, 5) is 5.95. The fourth-order valence-corrected chi connectivity index (χ4v) is 5.14. The molecule has 0 fully saturated rings. The summed E-state index contributed by atoms with van der Waals surface area (Å²) in [5.41, 5.74) is 1.51. The summed E-state index contributed by atoms with van der Waals surface area (Å²) in [7, 11) is 0. The lowest BCUT2D eigenvalue weighted by Gasteiger charge is -2.25. The summed E-state index contributed by atoms with van der Waals surface area (Å²) in [6.45, 7) is 3.25. The highest BCUT2D eigenvalue weighted by Crippen LogP contribution is 2.38. The number of hydrogen-bond donors (Lipinski definition) is 1. The van der Waals surface area contributed by atoms with Gasteiger partial charge < -0.3 is 5.32 Å². The van der Waals surface area contributed by atoms with Crippen LogP contribution in [0.4, 0.5) is 0 Å². The van der Waals surface area contributed by atoms with Crippen molar-refractivity contribution in [1.82, 2.24) is 10.3 Å². The SMILES string of the molecule is CC(CNC1CCCc2sc(Br)cc21)c1nccs1. The molecule has 1 aliphatic carbocycles. The Kier molecular flexibility index (Phi) is 4.37. The van der Waals surface area contributed by atoms with Crippen LogP contribution in [0, 0.1) is 0 Å². The van der Waals surface area contributed by atoms with Crippen LogP contribution < -0.4 is 5.32 Å². The molecule has 0 spiro atoms. The minimum absolute atomic E-state index is 0.493. The molecule has 0 radical (unpaired) electrons. The number of nitrogens with zero attached hydrogens (tertiary/aromatic N) is 1. The molecule has 0 saturated carbocycles. The Morgan fingerprint density at radius 3 is 3.26 bits per heavy atom. The van der Waals surface area contributed by atoms with Crippen LogP contribution in [-0.2, 0) is 6.42 Å². The Bertz CT molecular complexity index is 536. The monoisotopic (exact) mass is 356 g/mol. The summed E-state index contributed by atoms with van der Waals surface area (Å²) in [6.07, 6.45) is 5.68. The second-order valence-corrected chi connectivity index (χ2v) is 8.50. The first-order chi connectivity index (χ1) is 9.24. The van der Waals surface area contributed by atoms with Crippen molar-refractivity contribution in [3.8, 4) is 0 Å². The van der Waals surface area contributed by atoms with Crippen LogP contribution in [-0.4, -0.2) is 11.5 Å². The van der Waals surface area contributed by atoms with Gasteiger partial charge in [-0.05, 0) is 46.8 Å². The third kappa shape index (κ3) is 3.10. The summed E-state index contributed by atoms with van der Waals surface area (Å²) < 4.78 is 1.26. The average molecular weight is 357 g/mol.